The summed E-state index contributed by atoms with van der Waals surface area (Å²) >= 11 is 0. The minimum absolute atomic E-state index is 0.0204. The molecule has 1 atom stereocenters. The van der Waals surface area contributed by atoms with Crippen LogP contribution in [0.2, 0.25) is 0 Å². The van der Waals surface area contributed by atoms with Gasteiger partial charge in [0, 0.05) is 31.1 Å². The molecule has 0 spiro atoms. The van der Waals surface area contributed by atoms with Gasteiger partial charge in [0.2, 0.25) is 0 Å². The molecule has 5 aliphatic rings. The highest BCUT2D eigenvalue weighted by Gasteiger charge is 2.27. The van der Waals surface area contributed by atoms with Crippen LogP contribution in [0.1, 0.15) is 87.3 Å². The first-order chi connectivity index (χ1) is 19.4. The highest BCUT2D eigenvalue weighted by molar-refractivity contribution is 5.96. The van der Waals surface area contributed by atoms with Crippen molar-refractivity contribution < 1.29 is 14.7 Å². The number of carboxylic acid groups (broad SMARTS) is 1. The third kappa shape index (κ3) is 5.01. The molecule has 9 rings (SSSR count). The van der Waals surface area contributed by atoms with Gasteiger partial charge in [0.1, 0.15) is 5.52 Å². The lowest BCUT2D eigenvalue weighted by Gasteiger charge is -2.30. The molecule has 0 radical (unpaired) electrons. The molecule has 0 fully saturated rings. The minimum atomic E-state index is -0.844. The van der Waals surface area contributed by atoms with Crippen LogP contribution >= 0.6 is 0 Å². The maximum Gasteiger partial charge on any atom is 0.304 e. The molecule has 6 heterocycles. The van der Waals surface area contributed by atoms with E-state index in [0.717, 1.165) is 89.5 Å². The predicted octanol–water partition coefficient (Wildman–Crippen LogP) is 5.97. The van der Waals surface area contributed by atoms with E-state index in [-0.39, 0.29) is 18.2 Å². The average Bonchev–Trinajstić information content (AvgIpc) is 3.36. The van der Waals surface area contributed by atoms with E-state index in [2.05, 4.69) is 46.7 Å². The standard InChI is InChI=1S/C33H36N4O3/c1-21-17-23-7-5-3-4-6-15-37-30-13-12-28(22(2)32(30)34-35-37)29(19-31(38)39)25-10-9-24-14-16-36(20-26(24)18-25)33(40)27(21)11-8-23/h8-13,17-18,29H,3-7,14-16,19-20H2,1-2H3,(H,38,39)/t29-/m0/s1. The number of nitrogens with zero attached hydrogens (tertiary/aromatic N) is 4. The molecule has 0 unspecified atom stereocenters. The van der Waals surface area contributed by atoms with E-state index >= 15 is 0 Å². The number of hydrogen-bond donors (Lipinski definition) is 1. The fourth-order valence-corrected chi connectivity index (χ4v) is 6.51. The number of carbonyl (C=O) groups excluding carboxylic acids is 1. The molecular weight excluding hydrogens is 500 g/mol. The molecule has 4 aromatic rings. The van der Waals surface area contributed by atoms with Gasteiger partial charge in [-0.1, -0.05) is 54.5 Å². The highest BCUT2D eigenvalue weighted by Crippen LogP contribution is 2.35. The van der Waals surface area contributed by atoms with Crippen molar-refractivity contribution in [3.63, 3.8) is 0 Å². The molecule has 7 nitrogen and oxygen atoms in total. The Hall–Kier alpha value is -4.00. The predicted molar refractivity (Wildman–Crippen MR) is 155 cm³/mol. The summed E-state index contributed by atoms with van der Waals surface area (Å²) in [6.45, 7) is 6.07. The second-order valence-electron chi connectivity index (χ2n) is 11.4. The number of carboxylic acids is 1. The van der Waals surface area contributed by atoms with E-state index in [1.807, 2.05) is 35.6 Å². The van der Waals surface area contributed by atoms with Crippen molar-refractivity contribution in [2.24, 2.45) is 0 Å². The molecule has 206 valence electrons. The van der Waals surface area contributed by atoms with E-state index < -0.39 is 5.97 Å². The van der Waals surface area contributed by atoms with Crippen molar-refractivity contribution in [3.05, 3.63) is 93.0 Å². The fraction of sp³-hybridized carbons (Fsp3) is 0.394. The quantitative estimate of drug-likeness (QED) is 0.341. The second kappa shape index (κ2) is 10.9. The zero-order valence-electron chi connectivity index (χ0n) is 23.3. The van der Waals surface area contributed by atoms with Crippen LogP contribution in [0.5, 0.6) is 0 Å². The van der Waals surface area contributed by atoms with E-state index in [1.54, 1.807) is 0 Å². The minimum Gasteiger partial charge on any atom is -0.481 e. The van der Waals surface area contributed by atoms with Crippen molar-refractivity contribution in [1.29, 1.82) is 0 Å². The van der Waals surface area contributed by atoms with Gasteiger partial charge in [-0.15, -0.1) is 5.10 Å². The Kier molecular flexibility index (Phi) is 7.13. The summed E-state index contributed by atoms with van der Waals surface area (Å²) < 4.78 is 1.98. The average molecular weight is 537 g/mol. The first-order valence-corrected chi connectivity index (χ1v) is 14.4. The Balaban J connectivity index is 1.42. The summed E-state index contributed by atoms with van der Waals surface area (Å²) in [6.07, 6.45) is 6.18. The highest BCUT2D eigenvalue weighted by atomic mass is 16.4. The molecule has 0 aliphatic carbocycles. The van der Waals surface area contributed by atoms with Crippen molar-refractivity contribution in [2.45, 2.75) is 77.8 Å². The zero-order valence-corrected chi connectivity index (χ0v) is 23.3. The number of rotatable bonds is 2. The van der Waals surface area contributed by atoms with E-state index in [4.69, 9.17) is 0 Å². The maximum atomic E-state index is 13.6. The molecule has 1 aromatic heterocycles. The zero-order chi connectivity index (χ0) is 27.8. The van der Waals surface area contributed by atoms with Crippen molar-refractivity contribution >= 4 is 22.9 Å². The first kappa shape index (κ1) is 26.2. The van der Waals surface area contributed by atoms with Crippen molar-refractivity contribution in [2.75, 3.05) is 6.54 Å². The van der Waals surface area contributed by atoms with Crippen molar-refractivity contribution in [3.8, 4) is 0 Å². The van der Waals surface area contributed by atoms with Gasteiger partial charge in [-0.3, -0.25) is 9.59 Å². The smallest absolute Gasteiger partial charge is 0.304 e. The van der Waals surface area contributed by atoms with Crippen LogP contribution < -0.4 is 0 Å². The Morgan fingerprint density at radius 3 is 2.62 bits per heavy atom. The van der Waals surface area contributed by atoms with E-state index in [9.17, 15) is 14.7 Å². The summed E-state index contributed by atoms with van der Waals surface area (Å²) in [7, 11) is 0. The van der Waals surface area contributed by atoms with Crippen LogP contribution in [0.25, 0.3) is 11.0 Å². The first-order valence-electron chi connectivity index (χ1n) is 14.4. The van der Waals surface area contributed by atoms with Gasteiger partial charge in [0.25, 0.3) is 5.91 Å². The number of aryl methyl sites for hydroxylation is 4. The Bertz CT molecular complexity index is 1610. The van der Waals surface area contributed by atoms with E-state index in [0.29, 0.717) is 13.1 Å². The fourth-order valence-electron chi connectivity index (χ4n) is 6.51. The van der Waals surface area contributed by atoms with Gasteiger partial charge in [0.05, 0.1) is 11.9 Å². The molecule has 7 heteroatoms. The largest absolute Gasteiger partial charge is 0.481 e. The lowest BCUT2D eigenvalue weighted by molar-refractivity contribution is -0.137. The van der Waals surface area contributed by atoms with Gasteiger partial charge >= 0.3 is 5.97 Å². The number of amides is 1. The van der Waals surface area contributed by atoms with Crippen molar-refractivity contribution in [1.82, 2.24) is 19.9 Å². The van der Waals surface area contributed by atoms with E-state index in [1.165, 1.54) is 11.1 Å². The van der Waals surface area contributed by atoms with Crippen LogP contribution in [0.4, 0.5) is 0 Å². The van der Waals surface area contributed by atoms with Gasteiger partial charge in [0.15, 0.2) is 0 Å². The summed E-state index contributed by atoms with van der Waals surface area (Å²) in [5.41, 5.74) is 10.1. The summed E-state index contributed by atoms with van der Waals surface area (Å²) in [5.74, 6) is -1.10. The van der Waals surface area contributed by atoms with Crippen LogP contribution in [0.3, 0.4) is 0 Å². The molecule has 40 heavy (non-hydrogen) atoms. The molecular formula is C33H36N4O3. The maximum absolute atomic E-state index is 13.6. The third-order valence-corrected chi connectivity index (χ3v) is 8.78. The number of aliphatic carboxylic acids is 1. The molecule has 1 N–H and O–H groups in total. The Labute approximate surface area is 234 Å². The van der Waals surface area contributed by atoms with Crippen LogP contribution in [0.15, 0.2) is 48.5 Å². The van der Waals surface area contributed by atoms with Gasteiger partial charge in [-0.05, 0) is 90.6 Å². The summed E-state index contributed by atoms with van der Waals surface area (Å²) in [4.78, 5) is 27.6. The van der Waals surface area contributed by atoms with Gasteiger partial charge in [-0.25, -0.2) is 4.68 Å². The lowest BCUT2D eigenvalue weighted by atomic mass is 9.83. The Morgan fingerprint density at radius 1 is 0.950 bits per heavy atom. The van der Waals surface area contributed by atoms with Crippen LogP contribution in [0, 0.1) is 13.8 Å². The summed E-state index contributed by atoms with van der Waals surface area (Å²) in [6, 6.07) is 16.7. The monoisotopic (exact) mass is 536 g/mol. The number of aromatic nitrogens is 3. The van der Waals surface area contributed by atoms with Crippen LogP contribution in [-0.2, 0) is 30.7 Å². The molecule has 5 aliphatic heterocycles. The molecule has 9 bridgehead atoms. The third-order valence-electron chi connectivity index (χ3n) is 8.78. The number of benzene rings is 3. The molecule has 3 aromatic carbocycles. The second-order valence-corrected chi connectivity index (χ2v) is 11.4. The van der Waals surface area contributed by atoms with Crippen LogP contribution in [-0.4, -0.2) is 43.4 Å². The van der Waals surface area contributed by atoms with Gasteiger partial charge < -0.3 is 10.0 Å². The molecule has 0 saturated carbocycles. The number of hydrogen-bond acceptors (Lipinski definition) is 4. The number of carbonyl (C=O) groups is 2. The lowest BCUT2D eigenvalue weighted by Crippen LogP contribution is -2.36. The molecule has 1 amide bonds. The van der Waals surface area contributed by atoms with Gasteiger partial charge in [-0.2, -0.15) is 0 Å². The molecule has 0 saturated heterocycles. The Morgan fingerprint density at radius 2 is 1.80 bits per heavy atom. The summed E-state index contributed by atoms with van der Waals surface area (Å²) in [5, 5.41) is 18.9. The topological polar surface area (TPSA) is 88.3 Å². The normalized spacial score (nSPS) is 17.9. The SMILES string of the molecule is Cc1cc2ccc1C(=O)N1CCc3ccc(cc3C1)[C@H](CC(=O)O)c1ccc3c(nnn3CCCCCC2)c1C.